The van der Waals surface area contributed by atoms with Crippen molar-refractivity contribution in [3.05, 3.63) is 82.2 Å². The van der Waals surface area contributed by atoms with Gasteiger partial charge in [-0.15, -0.1) is 0 Å². The zero-order chi connectivity index (χ0) is 22.3. The summed E-state index contributed by atoms with van der Waals surface area (Å²) in [5, 5.41) is 11.9. The first-order valence-corrected chi connectivity index (χ1v) is 9.11. The van der Waals surface area contributed by atoms with Gasteiger partial charge in [0, 0.05) is 6.42 Å². The number of fused-ring (bicyclic) bond motifs is 1. The molecular formula is C21H14F5N3O2. The second kappa shape index (κ2) is 7.69. The number of hydrogen-bond donors (Lipinski definition) is 2. The summed E-state index contributed by atoms with van der Waals surface area (Å²) in [5.41, 5.74) is 0.336. The van der Waals surface area contributed by atoms with Gasteiger partial charge in [0.1, 0.15) is 11.6 Å². The number of halogens is 5. The molecule has 31 heavy (non-hydrogen) atoms. The number of alkyl halides is 3. The minimum Gasteiger partial charge on any atom is -0.379 e. The Bertz CT molecular complexity index is 1140. The Labute approximate surface area is 172 Å². The third-order valence-corrected chi connectivity index (χ3v) is 4.87. The van der Waals surface area contributed by atoms with E-state index in [-0.39, 0.29) is 41.3 Å². The molecule has 0 aliphatic carbocycles. The number of nitrogens with zero attached hydrogens (tertiary/aromatic N) is 2. The van der Waals surface area contributed by atoms with Crippen molar-refractivity contribution in [3.8, 4) is 11.4 Å². The number of aromatic nitrogens is 2. The lowest BCUT2D eigenvalue weighted by Crippen LogP contribution is -2.20. The van der Waals surface area contributed by atoms with Crippen molar-refractivity contribution in [1.29, 1.82) is 0 Å². The van der Waals surface area contributed by atoms with Crippen molar-refractivity contribution in [3.63, 3.8) is 0 Å². The van der Waals surface area contributed by atoms with Crippen LogP contribution in [0.1, 0.15) is 39.0 Å². The average Bonchev–Trinajstić information content (AvgIpc) is 3.08. The van der Waals surface area contributed by atoms with Crippen molar-refractivity contribution in [2.24, 2.45) is 0 Å². The van der Waals surface area contributed by atoms with Crippen LogP contribution < -0.4 is 5.32 Å². The summed E-state index contributed by atoms with van der Waals surface area (Å²) in [7, 11) is 0. The lowest BCUT2D eigenvalue weighted by Gasteiger charge is -2.15. The fourth-order valence-corrected chi connectivity index (χ4v) is 3.35. The van der Waals surface area contributed by atoms with Gasteiger partial charge in [-0.25, -0.2) is 18.7 Å². The fourth-order valence-electron chi connectivity index (χ4n) is 3.35. The van der Waals surface area contributed by atoms with Gasteiger partial charge in [-0.05, 0) is 23.3 Å². The molecule has 0 saturated carbocycles. The van der Waals surface area contributed by atoms with Crippen LogP contribution >= 0.6 is 0 Å². The number of aliphatic hydroxyl groups is 1. The smallest absolute Gasteiger partial charge is 0.379 e. The van der Waals surface area contributed by atoms with Crippen molar-refractivity contribution in [1.82, 2.24) is 15.3 Å². The van der Waals surface area contributed by atoms with Gasteiger partial charge >= 0.3 is 6.18 Å². The van der Waals surface area contributed by atoms with Crippen LogP contribution in [0, 0.1) is 11.6 Å². The number of carbonyl (C=O) groups is 1. The second-order valence-corrected chi connectivity index (χ2v) is 6.96. The van der Waals surface area contributed by atoms with Crippen molar-refractivity contribution in [2.45, 2.75) is 25.2 Å². The predicted molar refractivity (Wildman–Crippen MR) is 98.8 cm³/mol. The van der Waals surface area contributed by atoms with E-state index in [2.05, 4.69) is 15.3 Å². The van der Waals surface area contributed by atoms with Gasteiger partial charge in [-0.2, -0.15) is 13.2 Å². The molecule has 1 aliphatic heterocycles. The Kier molecular flexibility index (Phi) is 5.18. The Morgan fingerprint density at radius 3 is 2.26 bits per heavy atom. The van der Waals surface area contributed by atoms with Crippen LogP contribution in [0.4, 0.5) is 22.0 Å². The van der Waals surface area contributed by atoms with Crippen molar-refractivity contribution < 1.29 is 31.9 Å². The summed E-state index contributed by atoms with van der Waals surface area (Å²) in [6.45, 7) is 0.0590. The van der Waals surface area contributed by atoms with Crippen molar-refractivity contribution >= 4 is 5.91 Å². The Hall–Kier alpha value is -3.40. The summed E-state index contributed by atoms with van der Waals surface area (Å²) in [4.78, 5) is 20.5. The molecule has 1 atom stereocenters. The molecule has 0 radical (unpaired) electrons. The second-order valence-electron chi connectivity index (χ2n) is 6.96. The molecule has 1 aliphatic rings. The molecule has 0 fully saturated rings. The van der Waals surface area contributed by atoms with E-state index in [4.69, 9.17) is 0 Å². The normalized spacial score (nSPS) is 14.3. The highest BCUT2D eigenvalue weighted by molar-refractivity contribution is 5.99. The van der Waals surface area contributed by atoms with E-state index in [1.54, 1.807) is 0 Å². The van der Waals surface area contributed by atoms with Crippen LogP contribution in [0.3, 0.4) is 0 Å². The molecule has 160 valence electrons. The summed E-state index contributed by atoms with van der Waals surface area (Å²) in [5.74, 6) is -2.41. The maximum atomic E-state index is 14.2. The first-order chi connectivity index (χ1) is 14.6. The van der Waals surface area contributed by atoms with E-state index < -0.39 is 35.4 Å². The van der Waals surface area contributed by atoms with Gasteiger partial charge in [-0.3, -0.25) is 4.79 Å². The first-order valence-electron chi connectivity index (χ1n) is 9.11. The number of amides is 1. The van der Waals surface area contributed by atoms with E-state index in [0.29, 0.717) is 5.56 Å². The molecule has 1 aromatic heterocycles. The summed E-state index contributed by atoms with van der Waals surface area (Å²) < 4.78 is 66.5. The largest absolute Gasteiger partial charge is 0.418 e. The molecule has 5 nitrogen and oxygen atoms in total. The summed E-state index contributed by atoms with van der Waals surface area (Å²) >= 11 is 0. The number of hydrogen-bond acceptors (Lipinski definition) is 4. The van der Waals surface area contributed by atoms with Gasteiger partial charge in [0.2, 0.25) is 0 Å². The molecule has 4 rings (SSSR count). The number of carbonyl (C=O) groups excluding carboxylic acids is 1. The molecule has 2 aromatic carbocycles. The third-order valence-electron chi connectivity index (χ3n) is 4.87. The monoisotopic (exact) mass is 435 g/mol. The minimum atomic E-state index is -4.80. The van der Waals surface area contributed by atoms with E-state index in [9.17, 15) is 31.9 Å². The highest BCUT2D eigenvalue weighted by atomic mass is 19.4. The third kappa shape index (κ3) is 3.98. The maximum absolute atomic E-state index is 14.2. The number of aliphatic hydroxyl groups excluding tert-OH is 1. The van der Waals surface area contributed by atoms with Crippen LogP contribution in [0.2, 0.25) is 0 Å². The van der Waals surface area contributed by atoms with Crippen LogP contribution in [0.5, 0.6) is 0 Å². The Morgan fingerprint density at radius 2 is 1.65 bits per heavy atom. The van der Waals surface area contributed by atoms with E-state index in [1.807, 2.05) is 0 Å². The number of rotatable bonds is 4. The molecule has 0 bridgehead atoms. The Balaban J connectivity index is 1.73. The molecule has 3 aromatic rings. The van der Waals surface area contributed by atoms with E-state index >= 15 is 0 Å². The average molecular weight is 435 g/mol. The standard InChI is InChI=1S/C21H14F5N3O2/c22-12-2-1-3-13(23)16(12)19-28-14(17-15(29-19)9-27-20(17)31)8-10-4-6-11(7-5-10)18(30)21(24,25)26/h1-7,18,30H,8-9H2,(H,27,31)/t18-/m0/s1. The molecule has 2 heterocycles. The number of nitrogens with one attached hydrogen (secondary N) is 1. The molecule has 1 amide bonds. The SMILES string of the molecule is O=C1NCc2nc(-c3c(F)cccc3F)nc(Cc3ccc([C@H](O)C(F)(F)F)cc3)c21. The molecule has 2 N–H and O–H groups in total. The van der Waals surface area contributed by atoms with Crippen LogP contribution in [0.15, 0.2) is 42.5 Å². The van der Waals surface area contributed by atoms with Crippen LogP contribution in [-0.2, 0) is 13.0 Å². The lowest BCUT2D eigenvalue weighted by atomic mass is 10.0. The van der Waals surface area contributed by atoms with Gasteiger partial charge in [-0.1, -0.05) is 30.3 Å². The summed E-state index contributed by atoms with van der Waals surface area (Å²) in [6, 6.07) is 8.26. The quantitative estimate of drug-likeness (QED) is 0.611. The van der Waals surface area contributed by atoms with Gasteiger partial charge in [0.15, 0.2) is 11.9 Å². The highest BCUT2D eigenvalue weighted by Crippen LogP contribution is 2.33. The van der Waals surface area contributed by atoms with Gasteiger partial charge in [0.05, 0.1) is 29.1 Å². The molecule has 10 heteroatoms. The first kappa shape index (κ1) is 20.9. The lowest BCUT2D eigenvalue weighted by molar-refractivity contribution is -0.206. The topological polar surface area (TPSA) is 75.1 Å². The molecule has 0 saturated heterocycles. The van der Waals surface area contributed by atoms with Crippen LogP contribution in [0.25, 0.3) is 11.4 Å². The Morgan fingerprint density at radius 1 is 1.00 bits per heavy atom. The molecule has 0 spiro atoms. The molecular weight excluding hydrogens is 421 g/mol. The maximum Gasteiger partial charge on any atom is 0.418 e. The summed E-state index contributed by atoms with van der Waals surface area (Å²) in [6.07, 6.45) is -7.42. The fraction of sp³-hybridized carbons (Fsp3) is 0.190. The number of benzene rings is 2. The van der Waals surface area contributed by atoms with Crippen LogP contribution in [-0.4, -0.2) is 27.2 Å². The minimum absolute atomic E-state index is 0.00371. The zero-order valence-corrected chi connectivity index (χ0v) is 15.7. The van der Waals surface area contributed by atoms with E-state index in [0.717, 1.165) is 24.3 Å². The van der Waals surface area contributed by atoms with E-state index in [1.165, 1.54) is 18.2 Å². The zero-order valence-electron chi connectivity index (χ0n) is 15.7. The van der Waals surface area contributed by atoms with Crippen molar-refractivity contribution in [2.75, 3.05) is 0 Å². The van der Waals surface area contributed by atoms with Gasteiger partial charge < -0.3 is 10.4 Å². The van der Waals surface area contributed by atoms with Gasteiger partial charge in [0.25, 0.3) is 5.91 Å². The highest BCUT2D eigenvalue weighted by Gasteiger charge is 2.39. The molecule has 0 unspecified atom stereocenters. The predicted octanol–water partition coefficient (Wildman–Crippen LogP) is 3.85.